The molecule has 1 aromatic heterocycles. The summed E-state index contributed by atoms with van der Waals surface area (Å²) in [5.41, 5.74) is 5.32. The molecule has 1 rings (SSSR count). The van der Waals surface area contributed by atoms with Crippen molar-refractivity contribution in [1.29, 1.82) is 0 Å². The molecular formula is C6H8N2O2S. The minimum Gasteiger partial charge on any atom is -0.480 e. The molecule has 0 aliphatic heterocycles. The van der Waals surface area contributed by atoms with E-state index in [1.807, 2.05) is 6.92 Å². The van der Waals surface area contributed by atoms with E-state index in [4.69, 9.17) is 10.8 Å². The third-order valence-corrected chi connectivity index (χ3v) is 2.21. The summed E-state index contributed by atoms with van der Waals surface area (Å²) in [5, 5.41) is 9.33. The zero-order chi connectivity index (χ0) is 8.43. The number of aliphatic carboxylic acids is 1. The smallest absolute Gasteiger partial charge is 0.326 e. The Balaban J connectivity index is 2.84. The van der Waals surface area contributed by atoms with Crippen LogP contribution < -0.4 is 5.73 Å². The fourth-order valence-corrected chi connectivity index (χ4v) is 1.42. The standard InChI is InChI=1S/C6H8N2O2S/c1-3-8-2-4(11-3)5(7)6(9)10/h2,5H,7H2,1H3,(H,9,10). The first-order chi connectivity index (χ1) is 5.11. The maximum Gasteiger partial charge on any atom is 0.326 e. The summed E-state index contributed by atoms with van der Waals surface area (Å²) in [6.07, 6.45) is 1.50. The number of nitrogens with two attached hydrogens (primary N) is 1. The third kappa shape index (κ3) is 1.75. The molecule has 0 radical (unpaired) electrons. The van der Waals surface area contributed by atoms with Crippen LogP contribution in [-0.2, 0) is 4.79 Å². The number of aromatic nitrogens is 1. The highest BCUT2D eigenvalue weighted by atomic mass is 32.1. The van der Waals surface area contributed by atoms with Crippen LogP contribution in [0.3, 0.4) is 0 Å². The summed E-state index contributed by atoms with van der Waals surface area (Å²) < 4.78 is 0. The molecule has 1 atom stereocenters. The predicted octanol–water partition coefficient (Wildman–Crippen LogP) is 0.536. The van der Waals surface area contributed by atoms with Crippen LogP contribution in [0.5, 0.6) is 0 Å². The van der Waals surface area contributed by atoms with Crippen LogP contribution >= 0.6 is 11.3 Å². The van der Waals surface area contributed by atoms with Gasteiger partial charge in [-0.15, -0.1) is 11.3 Å². The Labute approximate surface area is 67.7 Å². The minimum absolute atomic E-state index is 0.593. The van der Waals surface area contributed by atoms with Gasteiger partial charge in [0.25, 0.3) is 0 Å². The van der Waals surface area contributed by atoms with Crippen molar-refractivity contribution in [3.8, 4) is 0 Å². The fraction of sp³-hybridized carbons (Fsp3) is 0.333. The lowest BCUT2D eigenvalue weighted by atomic mass is 10.3. The molecule has 0 amide bonds. The van der Waals surface area contributed by atoms with Gasteiger partial charge in [-0.25, -0.2) is 4.98 Å². The maximum absolute atomic E-state index is 10.4. The molecule has 4 nitrogen and oxygen atoms in total. The summed E-state index contributed by atoms with van der Waals surface area (Å²) >= 11 is 1.31. The monoisotopic (exact) mass is 172 g/mol. The molecule has 1 unspecified atom stereocenters. The summed E-state index contributed by atoms with van der Waals surface area (Å²) in [5.74, 6) is -1.02. The summed E-state index contributed by atoms with van der Waals surface area (Å²) in [6.45, 7) is 1.81. The highest BCUT2D eigenvalue weighted by Crippen LogP contribution is 2.18. The Bertz CT molecular complexity index is 271. The molecule has 0 fully saturated rings. The summed E-state index contributed by atoms with van der Waals surface area (Å²) in [7, 11) is 0. The number of carbonyl (C=O) groups is 1. The van der Waals surface area contributed by atoms with Crippen LogP contribution in [0.15, 0.2) is 6.20 Å². The fourth-order valence-electron chi connectivity index (χ4n) is 0.643. The molecule has 0 aliphatic rings. The topological polar surface area (TPSA) is 76.2 Å². The molecule has 0 saturated carbocycles. The largest absolute Gasteiger partial charge is 0.480 e. The van der Waals surface area contributed by atoms with E-state index < -0.39 is 12.0 Å². The van der Waals surface area contributed by atoms with Crippen molar-refractivity contribution >= 4 is 17.3 Å². The molecule has 5 heteroatoms. The molecule has 0 aromatic carbocycles. The maximum atomic E-state index is 10.4. The zero-order valence-electron chi connectivity index (χ0n) is 5.94. The average Bonchev–Trinajstić information content (AvgIpc) is 2.34. The van der Waals surface area contributed by atoms with Crippen molar-refractivity contribution < 1.29 is 9.90 Å². The number of hydrogen-bond acceptors (Lipinski definition) is 4. The Hall–Kier alpha value is -0.940. The molecule has 60 valence electrons. The second-order valence-electron chi connectivity index (χ2n) is 2.10. The van der Waals surface area contributed by atoms with Gasteiger partial charge in [-0.2, -0.15) is 0 Å². The van der Waals surface area contributed by atoms with Crippen molar-refractivity contribution in [2.45, 2.75) is 13.0 Å². The Morgan fingerprint density at radius 2 is 2.55 bits per heavy atom. The van der Waals surface area contributed by atoms with Gasteiger partial charge < -0.3 is 10.8 Å². The highest BCUT2D eigenvalue weighted by Gasteiger charge is 2.15. The van der Waals surface area contributed by atoms with Crippen molar-refractivity contribution in [1.82, 2.24) is 4.98 Å². The first-order valence-electron chi connectivity index (χ1n) is 3.02. The van der Waals surface area contributed by atoms with Crippen LogP contribution in [0.2, 0.25) is 0 Å². The van der Waals surface area contributed by atoms with Gasteiger partial charge >= 0.3 is 5.97 Å². The number of carboxylic acids is 1. The first kappa shape index (κ1) is 8.16. The van der Waals surface area contributed by atoms with Crippen LogP contribution in [0.4, 0.5) is 0 Å². The van der Waals surface area contributed by atoms with E-state index in [0.717, 1.165) is 5.01 Å². The van der Waals surface area contributed by atoms with E-state index in [-0.39, 0.29) is 0 Å². The second-order valence-corrected chi connectivity index (χ2v) is 3.36. The summed E-state index contributed by atoms with van der Waals surface area (Å²) in [4.78, 5) is 14.9. The third-order valence-electron chi connectivity index (χ3n) is 1.21. The number of nitrogens with zero attached hydrogens (tertiary/aromatic N) is 1. The molecule has 1 heterocycles. The lowest BCUT2D eigenvalue weighted by molar-refractivity contribution is -0.138. The SMILES string of the molecule is Cc1ncc(C(N)C(=O)O)s1. The normalized spacial score (nSPS) is 12.9. The zero-order valence-corrected chi connectivity index (χ0v) is 6.76. The minimum atomic E-state index is -1.02. The molecule has 0 bridgehead atoms. The Morgan fingerprint density at radius 3 is 2.91 bits per heavy atom. The van der Waals surface area contributed by atoms with Crippen LogP contribution in [0.25, 0.3) is 0 Å². The van der Waals surface area contributed by atoms with Gasteiger partial charge in [-0.05, 0) is 6.92 Å². The average molecular weight is 172 g/mol. The number of hydrogen-bond donors (Lipinski definition) is 2. The molecule has 0 saturated heterocycles. The number of aryl methyl sites for hydroxylation is 1. The predicted molar refractivity (Wildman–Crippen MR) is 41.4 cm³/mol. The second kappa shape index (κ2) is 2.98. The number of rotatable bonds is 2. The Morgan fingerprint density at radius 1 is 1.91 bits per heavy atom. The molecular weight excluding hydrogens is 164 g/mol. The van der Waals surface area contributed by atoms with Gasteiger partial charge in [0, 0.05) is 6.20 Å². The lowest BCUT2D eigenvalue weighted by Gasteiger charge is -1.99. The molecule has 11 heavy (non-hydrogen) atoms. The van der Waals surface area contributed by atoms with Crippen molar-refractivity contribution in [2.24, 2.45) is 5.73 Å². The van der Waals surface area contributed by atoms with Gasteiger partial charge in [0.15, 0.2) is 0 Å². The van der Waals surface area contributed by atoms with E-state index in [2.05, 4.69) is 4.98 Å². The van der Waals surface area contributed by atoms with Gasteiger partial charge in [0.2, 0.25) is 0 Å². The van der Waals surface area contributed by atoms with E-state index in [9.17, 15) is 4.79 Å². The lowest BCUT2D eigenvalue weighted by Crippen LogP contribution is -2.19. The van der Waals surface area contributed by atoms with Gasteiger partial charge in [-0.1, -0.05) is 0 Å². The van der Waals surface area contributed by atoms with Gasteiger partial charge in [0.1, 0.15) is 6.04 Å². The van der Waals surface area contributed by atoms with E-state index in [1.54, 1.807) is 0 Å². The van der Waals surface area contributed by atoms with Crippen LogP contribution in [0, 0.1) is 6.92 Å². The summed E-state index contributed by atoms with van der Waals surface area (Å²) in [6, 6.07) is -0.929. The van der Waals surface area contributed by atoms with Crippen molar-refractivity contribution in [2.75, 3.05) is 0 Å². The van der Waals surface area contributed by atoms with Gasteiger partial charge in [0.05, 0.1) is 9.88 Å². The molecule has 0 spiro atoms. The quantitative estimate of drug-likeness (QED) is 0.682. The van der Waals surface area contributed by atoms with Crippen molar-refractivity contribution in [3.63, 3.8) is 0 Å². The first-order valence-corrected chi connectivity index (χ1v) is 3.83. The van der Waals surface area contributed by atoms with E-state index >= 15 is 0 Å². The molecule has 1 aromatic rings. The number of thiazole rings is 1. The van der Waals surface area contributed by atoms with E-state index in [1.165, 1.54) is 17.5 Å². The highest BCUT2D eigenvalue weighted by molar-refractivity contribution is 7.11. The van der Waals surface area contributed by atoms with Gasteiger partial charge in [-0.3, -0.25) is 4.79 Å². The molecule has 0 aliphatic carbocycles. The van der Waals surface area contributed by atoms with E-state index in [0.29, 0.717) is 4.88 Å². The number of carboxylic acid groups (broad SMARTS) is 1. The van der Waals surface area contributed by atoms with Crippen LogP contribution in [0.1, 0.15) is 15.9 Å². The van der Waals surface area contributed by atoms with Crippen LogP contribution in [-0.4, -0.2) is 16.1 Å². The van der Waals surface area contributed by atoms with Crippen molar-refractivity contribution in [3.05, 3.63) is 16.1 Å². The Kier molecular flexibility index (Phi) is 2.21. The molecule has 3 N–H and O–H groups in total.